The van der Waals surface area contributed by atoms with E-state index in [0.29, 0.717) is 0 Å². The second-order valence-corrected chi connectivity index (χ2v) is 5.50. The van der Waals surface area contributed by atoms with E-state index < -0.39 is 18.6 Å². The summed E-state index contributed by atoms with van der Waals surface area (Å²) >= 11 is 1.51. The third-order valence-electron chi connectivity index (χ3n) is 2.44. The molecule has 1 aromatic rings. The number of carbonyl (C=O) groups is 1. The van der Waals surface area contributed by atoms with Crippen molar-refractivity contribution >= 4 is 17.2 Å². The topological polar surface area (TPSA) is 41.1 Å². The highest BCUT2D eigenvalue weighted by Gasteiger charge is 2.27. The van der Waals surface area contributed by atoms with E-state index in [2.05, 4.69) is 10.6 Å². The van der Waals surface area contributed by atoms with Gasteiger partial charge < -0.3 is 10.6 Å². The molecule has 0 aliphatic heterocycles. The largest absolute Gasteiger partial charge is 0.401 e. The standard InChI is InChI=1S/C12H17F3N2OS/c1-8(2)11(9-4-3-5-19-9)17-10(18)6-16-7-12(13,14)15/h3-5,8,11,16H,6-7H2,1-2H3,(H,17,18). The van der Waals surface area contributed by atoms with Gasteiger partial charge in [0.15, 0.2) is 0 Å². The Morgan fingerprint density at radius 1 is 1.42 bits per heavy atom. The van der Waals surface area contributed by atoms with Crippen LogP contribution in [-0.4, -0.2) is 25.2 Å². The van der Waals surface area contributed by atoms with Gasteiger partial charge in [-0.05, 0) is 17.4 Å². The number of rotatable bonds is 6. The molecule has 1 atom stereocenters. The number of amides is 1. The van der Waals surface area contributed by atoms with Gasteiger partial charge in [-0.25, -0.2) is 0 Å². The SMILES string of the molecule is CC(C)C(NC(=O)CNCC(F)(F)F)c1cccs1. The quantitative estimate of drug-likeness (QED) is 0.847. The number of alkyl halides is 3. The van der Waals surface area contributed by atoms with Gasteiger partial charge in [-0.1, -0.05) is 19.9 Å². The second-order valence-electron chi connectivity index (χ2n) is 4.52. The number of thiophene rings is 1. The molecule has 1 amide bonds. The Balaban J connectivity index is 2.45. The fourth-order valence-corrected chi connectivity index (χ4v) is 2.53. The van der Waals surface area contributed by atoms with E-state index in [0.717, 1.165) is 4.88 Å². The summed E-state index contributed by atoms with van der Waals surface area (Å²) in [6, 6.07) is 3.61. The minimum Gasteiger partial charge on any atom is -0.347 e. The van der Waals surface area contributed by atoms with Crippen LogP contribution in [0.4, 0.5) is 13.2 Å². The van der Waals surface area contributed by atoms with E-state index in [1.165, 1.54) is 11.3 Å². The van der Waals surface area contributed by atoms with E-state index in [-0.39, 0.29) is 18.5 Å². The summed E-state index contributed by atoms with van der Waals surface area (Å²) in [4.78, 5) is 12.6. The van der Waals surface area contributed by atoms with Crippen molar-refractivity contribution in [1.29, 1.82) is 0 Å². The number of halogens is 3. The number of carbonyl (C=O) groups excluding carboxylic acids is 1. The number of hydrogen-bond acceptors (Lipinski definition) is 3. The average Bonchev–Trinajstić information content (AvgIpc) is 2.76. The highest BCUT2D eigenvalue weighted by molar-refractivity contribution is 7.10. The van der Waals surface area contributed by atoms with Crippen molar-refractivity contribution in [3.8, 4) is 0 Å². The van der Waals surface area contributed by atoms with E-state index >= 15 is 0 Å². The van der Waals surface area contributed by atoms with Crippen LogP contribution in [0.2, 0.25) is 0 Å². The van der Waals surface area contributed by atoms with Crippen LogP contribution in [0.1, 0.15) is 24.8 Å². The highest BCUT2D eigenvalue weighted by atomic mass is 32.1. The first-order valence-electron chi connectivity index (χ1n) is 5.90. The van der Waals surface area contributed by atoms with Crippen LogP contribution >= 0.6 is 11.3 Å². The molecule has 3 nitrogen and oxygen atoms in total. The van der Waals surface area contributed by atoms with Gasteiger partial charge in [-0.15, -0.1) is 11.3 Å². The highest BCUT2D eigenvalue weighted by Crippen LogP contribution is 2.25. The van der Waals surface area contributed by atoms with Crippen molar-refractivity contribution in [2.24, 2.45) is 5.92 Å². The molecule has 0 fully saturated rings. The van der Waals surface area contributed by atoms with Crippen molar-refractivity contribution < 1.29 is 18.0 Å². The molecule has 19 heavy (non-hydrogen) atoms. The third-order valence-corrected chi connectivity index (χ3v) is 3.40. The molecule has 1 unspecified atom stereocenters. The predicted octanol–water partition coefficient (Wildman–Crippen LogP) is 2.71. The fraction of sp³-hybridized carbons (Fsp3) is 0.583. The lowest BCUT2D eigenvalue weighted by molar-refractivity contribution is -0.128. The van der Waals surface area contributed by atoms with E-state index in [1.807, 2.05) is 31.4 Å². The molecular formula is C12H17F3N2OS. The molecule has 7 heteroatoms. The Kier molecular flexibility index (Phi) is 5.81. The van der Waals surface area contributed by atoms with Crippen LogP contribution in [0.5, 0.6) is 0 Å². The van der Waals surface area contributed by atoms with Gasteiger partial charge in [0.05, 0.1) is 19.1 Å². The van der Waals surface area contributed by atoms with Gasteiger partial charge in [0.2, 0.25) is 5.91 Å². The molecule has 0 bridgehead atoms. The fourth-order valence-electron chi connectivity index (χ4n) is 1.58. The minimum atomic E-state index is -4.30. The molecule has 1 aromatic heterocycles. The van der Waals surface area contributed by atoms with Crippen LogP contribution in [0.15, 0.2) is 17.5 Å². The molecule has 1 rings (SSSR count). The van der Waals surface area contributed by atoms with Gasteiger partial charge in [-0.2, -0.15) is 13.2 Å². The van der Waals surface area contributed by atoms with Gasteiger partial charge in [-0.3, -0.25) is 4.79 Å². The summed E-state index contributed by atoms with van der Waals surface area (Å²) < 4.78 is 35.8. The van der Waals surface area contributed by atoms with Crippen molar-refractivity contribution in [2.45, 2.75) is 26.1 Å². The molecule has 0 spiro atoms. The van der Waals surface area contributed by atoms with Gasteiger partial charge in [0, 0.05) is 4.88 Å². The average molecular weight is 294 g/mol. The van der Waals surface area contributed by atoms with Crippen molar-refractivity contribution in [2.75, 3.05) is 13.1 Å². The lowest BCUT2D eigenvalue weighted by Gasteiger charge is -2.21. The normalized spacial score (nSPS) is 13.6. The molecule has 0 saturated carbocycles. The van der Waals surface area contributed by atoms with E-state index in [1.54, 1.807) is 0 Å². The Morgan fingerprint density at radius 3 is 2.58 bits per heavy atom. The first-order chi connectivity index (χ1) is 8.79. The van der Waals surface area contributed by atoms with Crippen LogP contribution < -0.4 is 10.6 Å². The summed E-state index contributed by atoms with van der Waals surface area (Å²) in [6.07, 6.45) is -4.30. The molecule has 0 aromatic carbocycles. The van der Waals surface area contributed by atoms with Crippen LogP contribution in [0, 0.1) is 5.92 Å². The van der Waals surface area contributed by atoms with Crippen molar-refractivity contribution in [3.05, 3.63) is 22.4 Å². The Hall–Kier alpha value is -1.08. The smallest absolute Gasteiger partial charge is 0.347 e. The molecule has 1 heterocycles. The summed E-state index contributed by atoms with van der Waals surface area (Å²) in [7, 11) is 0. The van der Waals surface area contributed by atoms with E-state index in [4.69, 9.17) is 0 Å². The summed E-state index contributed by atoms with van der Waals surface area (Å²) in [5.41, 5.74) is 0. The zero-order chi connectivity index (χ0) is 14.5. The lowest BCUT2D eigenvalue weighted by Crippen LogP contribution is -2.40. The van der Waals surface area contributed by atoms with Crippen LogP contribution in [0.25, 0.3) is 0 Å². The molecule has 0 aliphatic rings. The summed E-state index contributed by atoms with van der Waals surface area (Å²) in [5.74, 6) is -0.262. The summed E-state index contributed by atoms with van der Waals surface area (Å²) in [5, 5.41) is 6.73. The van der Waals surface area contributed by atoms with Gasteiger partial charge in [0.25, 0.3) is 0 Å². The Bertz CT molecular complexity index is 390. The number of nitrogens with one attached hydrogen (secondary N) is 2. The first kappa shape index (κ1) is 16.0. The molecular weight excluding hydrogens is 277 g/mol. The van der Waals surface area contributed by atoms with Crippen LogP contribution in [-0.2, 0) is 4.79 Å². The van der Waals surface area contributed by atoms with Gasteiger partial charge in [0.1, 0.15) is 0 Å². The zero-order valence-electron chi connectivity index (χ0n) is 10.8. The zero-order valence-corrected chi connectivity index (χ0v) is 11.6. The monoisotopic (exact) mass is 294 g/mol. The molecule has 0 saturated heterocycles. The second kappa shape index (κ2) is 6.91. The maximum atomic E-state index is 11.9. The first-order valence-corrected chi connectivity index (χ1v) is 6.78. The van der Waals surface area contributed by atoms with Gasteiger partial charge >= 0.3 is 6.18 Å². The molecule has 108 valence electrons. The predicted molar refractivity (Wildman–Crippen MR) is 69.0 cm³/mol. The van der Waals surface area contributed by atoms with Crippen molar-refractivity contribution in [1.82, 2.24) is 10.6 Å². The molecule has 2 N–H and O–H groups in total. The number of hydrogen-bond donors (Lipinski definition) is 2. The maximum absolute atomic E-state index is 11.9. The Labute approximate surface area is 114 Å². The lowest BCUT2D eigenvalue weighted by atomic mass is 10.0. The molecule has 0 radical (unpaired) electrons. The Morgan fingerprint density at radius 2 is 2.11 bits per heavy atom. The maximum Gasteiger partial charge on any atom is 0.401 e. The van der Waals surface area contributed by atoms with E-state index in [9.17, 15) is 18.0 Å². The third kappa shape index (κ3) is 6.07. The summed E-state index contributed by atoms with van der Waals surface area (Å²) in [6.45, 7) is 2.40. The minimum absolute atomic E-state index is 0.166. The van der Waals surface area contributed by atoms with Crippen molar-refractivity contribution in [3.63, 3.8) is 0 Å². The molecule has 0 aliphatic carbocycles. The van der Waals surface area contributed by atoms with Crippen LogP contribution in [0.3, 0.4) is 0 Å².